The third kappa shape index (κ3) is 1.24. The number of nitrogens with zero attached hydrogens (tertiary/aromatic N) is 3. The highest BCUT2D eigenvalue weighted by Gasteiger charge is 2.07. The molecule has 2 aromatic rings. The lowest BCUT2D eigenvalue weighted by Gasteiger charge is -1.95. The zero-order valence-corrected chi connectivity index (χ0v) is 7.73. The monoisotopic (exact) mass is 176 g/mol. The molecule has 0 spiro atoms. The molecular formula is C9H12N4. The zero-order chi connectivity index (χ0) is 9.42. The zero-order valence-electron chi connectivity index (χ0n) is 7.73. The van der Waals surface area contributed by atoms with E-state index in [4.69, 9.17) is 5.73 Å². The summed E-state index contributed by atoms with van der Waals surface area (Å²) < 4.78 is 1.66. The lowest BCUT2D eigenvalue weighted by Crippen LogP contribution is -1.98. The molecule has 4 nitrogen and oxygen atoms in total. The van der Waals surface area contributed by atoms with Crippen LogP contribution in [0.15, 0.2) is 18.2 Å². The largest absolute Gasteiger partial charge is 0.384 e. The lowest BCUT2D eigenvalue weighted by molar-refractivity contribution is 0.767. The summed E-state index contributed by atoms with van der Waals surface area (Å²) in [5.74, 6) is 1.79. The minimum absolute atomic E-state index is 0.333. The van der Waals surface area contributed by atoms with Gasteiger partial charge in [-0.2, -0.15) is 4.52 Å². The molecule has 0 unspecified atom stereocenters. The molecule has 0 aliphatic heterocycles. The summed E-state index contributed by atoms with van der Waals surface area (Å²) in [5, 5.41) is 4.29. The quantitative estimate of drug-likeness (QED) is 0.715. The number of pyridine rings is 1. The number of rotatable bonds is 1. The average molecular weight is 176 g/mol. The molecule has 0 atom stereocenters. The summed E-state index contributed by atoms with van der Waals surface area (Å²) in [6.07, 6.45) is 0. The van der Waals surface area contributed by atoms with Gasteiger partial charge in [0.2, 0.25) is 0 Å². The fourth-order valence-electron chi connectivity index (χ4n) is 1.19. The van der Waals surface area contributed by atoms with Crippen LogP contribution in [0.2, 0.25) is 0 Å². The van der Waals surface area contributed by atoms with Gasteiger partial charge in [-0.3, -0.25) is 0 Å². The van der Waals surface area contributed by atoms with Crippen LogP contribution in [0.4, 0.5) is 5.82 Å². The van der Waals surface area contributed by atoms with E-state index in [0.717, 1.165) is 11.5 Å². The van der Waals surface area contributed by atoms with Crippen molar-refractivity contribution in [1.82, 2.24) is 14.6 Å². The normalized spacial score (nSPS) is 11.3. The Kier molecular flexibility index (Phi) is 1.69. The molecule has 2 N–H and O–H groups in total. The van der Waals surface area contributed by atoms with Gasteiger partial charge in [0.05, 0.1) is 0 Å². The molecular weight excluding hydrogens is 164 g/mol. The van der Waals surface area contributed by atoms with E-state index < -0.39 is 0 Å². The summed E-state index contributed by atoms with van der Waals surface area (Å²) in [6.45, 7) is 4.12. The van der Waals surface area contributed by atoms with E-state index in [9.17, 15) is 0 Å². The van der Waals surface area contributed by atoms with E-state index in [2.05, 4.69) is 23.9 Å². The smallest absolute Gasteiger partial charge is 0.157 e. The minimum Gasteiger partial charge on any atom is -0.384 e. The van der Waals surface area contributed by atoms with Crippen LogP contribution < -0.4 is 5.73 Å². The fraction of sp³-hybridized carbons (Fsp3) is 0.333. The standard InChI is InChI=1S/C9H12N4/c1-6(2)9-11-8-5-3-4-7(10)13(8)12-9/h3-6H,10H2,1-2H3. The summed E-state index contributed by atoms with van der Waals surface area (Å²) in [4.78, 5) is 4.34. The number of hydrogen-bond donors (Lipinski definition) is 1. The molecule has 4 heteroatoms. The number of anilines is 1. The minimum atomic E-state index is 0.333. The first-order valence-electron chi connectivity index (χ1n) is 4.29. The molecule has 0 fully saturated rings. The molecule has 0 bridgehead atoms. The Hall–Kier alpha value is -1.58. The number of aromatic nitrogens is 3. The van der Waals surface area contributed by atoms with Crippen molar-refractivity contribution in [3.8, 4) is 0 Å². The van der Waals surface area contributed by atoms with Crippen molar-refractivity contribution in [3.05, 3.63) is 24.0 Å². The number of nitrogens with two attached hydrogens (primary N) is 1. The Bertz CT molecular complexity index is 430. The van der Waals surface area contributed by atoms with Gasteiger partial charge in [-0.25, -0.2) is 4.98 Å². The van der Waals surface area contributed by atoms with Crippen molar-refractivity contribution in [3.63, 3.8) is 0 Å². The van der Waals surface area contributed by atoms with Crippen LogP contribution in [0.3, 0.4) is 0 Å². The van der Waals surface area contributed by atoms with Gasteiger partial charge in [0.25, 0.3) is 0 Å². The molecule has 2 heterocycles. The first kappa shape index (κ1) is 8.04. The molecule has 2 aromatic heterocycles. The molecule has 68 valence electrons. The number of fused-ring (bicyclic) bond motifs is 1. The van der Waals surface area contributed by atoms with E-state index >= 15 is 0 Å². The molecule has 0 aliphatic rings. The van der Waals surface area contributed by atoms with E-state index in [1.165, 1.54) is 0 Å². The van der Waals surface area contributed by atoms with Crippen molar-refractivity contribution in [2.45, 2.75) is 19.8 Å². The van der Waals surface area contributed by atoms with Gasteiger partial charge in [-0.05, 0) is 12.1 Å². The molecule has 13 heavy (non-hydrogen) atoms. The highest BCUT2D eigenvalue weighted by molar-refractivity contribution is 5.46. The van der Waals surface area contributed by atoms with Crippen molar-refractivity contribution < 1.29 is 0 Å². The van der Waals surface area contributed by atoms with Crippen LogP contribution in [0.25, 0.3) is 5.65 Å². The van der Waals surface area contributed by atoms with Crippen molar-refractivity contribution in [1.29, 1.82) is 0 Å². The molecule has 0 aromatic carbocycles. The van der Waals surface area contributed by atoms with Gasteiger partial charge in [0.15, 0.2) is 11.5 Å². The maximum Gasteiger partial charge on any atom is 0.157 e. The summed E-state index contributed by atoms with van der Waals surface area (Å²) in [7, 11) is 0. The first-order chi connectivity index (χ1) is 6.18. The van der Waals surface area contributed by atoms with E-state index in [0.29, 0.717) is 11.7 Å². The number of hydrogen-bond acceptors (Lipinski definition) is 3. The molecule has 0 saturated carbocycles. The van der Waals surface area contributed by atoms with Crippen LogP contribution in [-0.2, 0) is 0 Å². The van der Waals surface area contributed by atoms with Gasteiger partial charge in [-0.1, -0.05) is 19.9 Å². The molecule has 0 radical (unpaired) electrons. The van der Waals surface area contributed by atoms with Crippen molar-refractivity contribution in [2.75, 3.05) is 5.73 Å². The van der Waals surface area contributed by atoms with Crippen LogP contribution >= 0.6 is 0 Å². The topological polar surface area (TPSA) is 56.2 Å². The predicted molar refractivity (Wildman–Crippen MR) is 51.5 cm³/mol. The molecule has 0 amide bonds. The second-order valence-corrected chi connectivity index (χ2v) is 3.35. The lowest BCUT2D eigenvalue weighted by atomic mass is 10.2. The third-order valence-corrected chi connectivity index (χ3v) is 1.92. The van der Waals surface area contributed by atoms with Gasteiger partial charge in [0, 0.05) is 5.92 Å². The first-order valence-corrected chi connectivity index (χ1v) is 4.29. The third-order valence-electron chi connectivity index (χ3n) is 1.92. The SMILES string of the molecule is CC(C)c1nc2cccc(N)n2n1. The van der Waals surface area contributed by atoms with Gasteiger partial charge >= 0.3 is 0 Å². The van der Waals surface area contributed by atoms with E-state index in [1.54, 1.807) is 4.52 Å². The second-order valence-electron chi connectivity index (χ2n) is 3.35. The maximum absolute atomic E-state index is 5.73. The Morgan fingerprint density at radius 2 is 2.15 bits per heavy atom. The molecule has 2 rings (SSSR count). The Morgan fingerprint density at radius 3 is 2.77 bits per heavy atom. The van der Waals surface area contributed by atoms with Crippen molar-refractivity contribution in [2.24, 2.45) is 0 Å². The molecule has 0 saturated heterocycles. The van der Waals surface area contributed by atoms with Crippen LogP contribution in [-0.4, -0.2) is 14.6 Å². The Morgan fingerprint density at radius 1 is 1.38 bits per heavy atom. The highest BCUT2D eigenvalue weighted by atomic mass is 15.3. The van der Waals surface area contributed by atoms with Crippen LogP contribution in [0.5, 0.6) is 0 Å². The molecule has 0 aliphatic carbocycles. The highest BCUT2D eigenvalue weighted by Crippen LogP contribution is 2.12. The van der Waals surface area contributed by atoms with Crippen molar-refractivity contribution >= 4 is 11.5 Å². The van der Waals surface area contributed by atoms with Gasteiger partial charge < -0.3 is 5.73 Å². The van der Waals surface area contributed by atoms with Gasteiger partial charge in [0.1, 0.15) is 5.82 Å². The average Bonchev–Trinajstić information content (AvgIpc) is 2.49. The Labute approximate surface area is 76.4 Å². The van der Waals surface area contributed by atoms with E-state index in [-0.39, 0.29) is 0 Å². The van der Waals surface area contributed by atoms with Crippen LogP contribution in [0, 0.1) is 0 Å². The summed E-state index contributed by atoms with van der Waals surface area (Å²) in [6, 6.07) is 5.59. The Balaban J connectivity index is 2.68. The number of nitrogen functional groups attached to an aromatic ring is 1. The fourth-order valence-corrected chi connectivity index (χ4v) is 1.19. The maximum atomic E-state index is 5.73. The van der Waals surface area contributed by atoms with Gasteiger partial charge in [-0.15, -0.1) is 5.10 Å². The second kappa shape index (κ2) is 2.73. The predicted octanol–water partition coefficient (Wildman–Crippen LogP) is 1.43. The van der Waals surface area contributed by atoms with Crippen LogP contribution in [0.1, 0.15) is 25.6 Å². The summed E-state index contributed by atoms with van der Waals surface area (Å²) in [5.41, 5.74) is 6.54. The van der Waals surface area contributed by atoms with E-state index in [1.807, 2.05) is 18.2 Å². The summed E-state index contributed by atoms with van der Waals surface area (Å²) >= 11 is 0.